The normalized spacial score (nSPS) is 16.5. The van der Waals surface area contributed by atoms with Crippen molar-refractivity contribution in [3.63, 3.8) is 0 Å². The summed E-state index contributed by atoms with van der Waals surface area (Å²) < 4.78 is 28.2. The number of H-pyrrole nitrogens is 1. The first-order chi connectivity index (χ1) is 9.11. The summed E-state index contributed by atoms with van der Waals surface area (Å²) in [7, 11) is -3.51. The summed E-state index contributed by atoms with van der Waals surface area (Å²) in [6.07, 6.45) is 3.08. The van der Waals surface area contributed by atoms with Gasteiger partial charge >= 0.3 is 0 Å². The van der Waals surface area contributed by atoms with Gasteiger partial charge in [0.05, 0.1) is 17.3 Å². The average Bonchev–Trinajstić information content (AvgIpc) is 3.06. The molecule has 0 fully saturated rings. The van der Waals surface area contributed by atoms with Crippen LogP contribution in [0.2, 0.25) is 0 Å². The fourth-order valence-corrected chi connectivity index (χ4v) is 3.60. The summed E-state index contributed by atoms with van der Waals surface area (Å²) in [5.74, 6) is 0.909. The lowest BCUT2D eigenvalue weighted by Crippen LogP contribution is -2.38. The SMILES string of the molecule is O=S(=O)(c1c[nH]c(CCl)c1)N1CCn2cnnc2C1. The molecule has 3 rings (SSSR count). The van der Waals surface area contributed by atoms with E-state index in [1.807, 2.05) is 4.57 Å². The first-order valence-corrected chi connectivity index (χ1v) is 7.69. The third-order valence-corrected chi connectivity index (χ3v) is 5.21. The number of alkyl halides is 1. The van der Waals surface area contributed by atoms with E-state index in [9.17, 15) is 8.42 Å². The summed E-state index contributed by atoms with van der Waals surface area (Å²) >= 11 is 5.67. The van der Waals surface area contributed by atoms with E-state index in [-0.39, 0.29) is 17.3 Å². The molecule has 3 heterocycles. The molecule has 0 radical (unpaired) electrons. The van der Waals surface area contributed by atoms with Gasteiger partial charge in [0.15, 0.2) is 0 Å². The van der Waals surface area contributed by atoms with Crippen molar-refractivity contribution in [1.29, 1.82) is 0 Å². The molecule has 9 heteroatoms. The molecule has 0 amide bonds. The molecule has 0 aliphatic carbocycles. The molecular formula is C10H12ClN5O2S. The van der Waals surface area contributed by atoms with Crippen LogP contribution in [0.3, 0.4) is 0 Å². The molecule has 102 valence electrons. The fraction of sp³-hybridized carbons (Fsp3) is 0.400. The molecule has 1 aliphatic rings. The Bertz CT molecular complexity index is 692. The van der Waals surface area contributed by atoms with Gasteiger partial charge in [-0.25, -0.2) is 8.42 Å². The summed E-state index contributed by atoms with van der Waals surface area (Å²) in [5.41, 5.74) is 0.681. The highest BCUT2D eigenvalue weighted by molar-refractivity contribution is 7.89. The maximum absolute atomic E-state index is 12.5. The second-order valence-electron chi connectivity index (χ2n) is 4.27. The number of hydrogen-bond acceptors (Lipinski definition) is 4. The molecule has 19 heavy (non-hydrogen) atoms. The van der Waals surface area contributed by atoms with Gasteiger partial charge in [0.25, 0.3) is 0 Å². The predicted molar refractivity (Wildman–Crippen MR) is 68.0 cm³/mol. The third kappa shape index (κ3) is 2.15. The topological polar surface area (TPSA) is 83.9 Å². The van der Waals surface area contributed by atoms with Crippen molar-refractivity contribution in [2.24, 2.45) is 0 Å². The number of halogens is 1. The van der Waals surface area contributed by atoms with Crippen LogP contribution < -0.4 is 0 Å². The Morgan fingerprint density at radius 3 is 3.00 bits per heavy atom. The van der Waals surface area contributed by atoms with Gasteiger partial charge in [-0.05, 0) is 6.07 Å². The number of aromatic nitrogens is 4. The molecule has 1 N–H and O–H groups in total. The Morgan fingerprint density at radius 1 is 1.42 bits per heavy atom. The van der Waals surface area contributed by atoms with Crippen molar-refractivity contribution in [1.82, 2.24) is 24.1 Å². The van der Waals surface area contributed by atoms with Gasteiger partial charge in [0, 0.05) is 25.0 Å². The standard InChI is InChI=1S/C10H12ClN5O2S/c11-4-8-3-9(5-12-8)19(17,18)16-2-1-15-7-13-14-10(15)6-16/h3,5,7,12H,1-2,4,6H2. The average molecular weight is 302 g/mol. The molecule has 0 aromatic carbocycles. The van der Waals surface area contributed by atoms with Gasteiger partial charge in [-0.2, -0.15) is 4.31 Å². The van der Waals surface area contributed by atoms with Crippen LogP contribution >= 0.6 is 11.6 Å². The molecule has 2 aromatic heterocycles. The van der Waals surface area contributed by atoms with Crippen LogP contribution in [0.5, 0.6) is 0 Å². The Kier molecular flexibility index (Phi) is 3.08. The van der Waals surface area contributed by atoms with E-state index in [2.05, 4.69) is 15.2 Å². The van der Waals surface area contributed by atoms with E-state index in [0.29, 0.717) is 24.6 Å². The Balaban J connectivity index is 1.89. The Morgan fingerprint density at radius 2 is 2.26 bits per heavy atom. The maximum atomic E-state index is 12.5. The summed E-state index contributed by atoms with van der Waals surface area (Å²) in [6.45, 7) is 1.22. The number of nitrogens with one attached hydrogen (secondary N) is 1. The minimum Gasteiger partial charge on any atom is -0.363 e. The van der Waals surface area contributed by atoms with E-state index < -0.39 is 10.0 Å². The summed E-state index contributed by atoms with van der Waals surface area (Å²) in [5, 5.41) is 7.69. The number of aromatic amines is 1. The van der Waals surface area contributed by atoms with Crippen LogP contribution in [0, 0.1) is 0 Å². The minimum absolute atomic E-state index is 0.233. The van der Waals surface area contributed by atoms with E-state index in [4.69, 9.17) is 11.6 Å². The number of sulfonamides is 1. The van der Waals surface area contributed by atoms with Gasteiger partial charge in [-0.15, -0.1) is 21.8 Å². The lowest BCUT2D eigenvalue weighted by atomic mass is 10.4. The Labute approximate surface area is 115 Å². The van der Waals surface area contributed by atoms with Crippen LogP contribution in [0.4, 0.5) is 0 Å². The zero-order valence-corrected chi connectivity index (χ0v) is 11.5. The molecule has 1 aliphatic heterocycles. The number of fused-ring (bicyclic) bond motifs is 1. The monoisotopic (exact) mass is 301 g/mol. The molecule has 0 bridgehead atoms. The van der Waals surface area contributed by atoms with Crippen molar-refractivity contribution in [3.05, 3.63) is 30.1 Å². The minimum atomic E-state index is -3.51. The van der Waals surface area contributed by atoms with Crippen molar-refractivity contribution in [2.75, 3.05) is 6.54 Å². The quantitative estimate of drug-likeness (QED) is 0.839. The highest BCUT2D eigenvalue weighted by Crippen LogP contribution is 2.21. The van der Waals surface area contributed by atoms with Crippen LogP contribution in [0.15, 0.2) is 23.5 Å². The predicted octanol–water partition coefficient (Wildman–Crippen LogP) is 0.550. The van der Waals surface area contributed by atoms with Gasteiger partial charge in [-0.3, -0.25) is 0 Å². The van der Waals surface area contributed by atoms with E-state index in [0.717, 1.165) is 0 Å². The van der Waals surface area contributed by atoms with E-state index in [1.165, 1.54) is 10.5 Å². The molecule has 0 unspecified atom stereocenters. The zero-order chi connectivity index (χ0) is 13.5. The second-order valence-corrected chi connectivity index (χ2v) is 6.48. The lowest BCUT2D eigenvalue weighted by molar-refractivity contribution is 0.335. The first-order valence-electron chi connectivity index (χ1n) is 5.71. The van der Waals surface area contributed by atoms with Gasteiger partial charge < -0.3 is 9.55 Å². The molecule has 0 spiro atoms. The van der Waals surface area contributed by atoms with Crippen molar-refractivity contribution in [2.45, 2.75) is 23.9 Å². The van der Waals surface area contributed by atoms with Crippen LogP contribution in [-0.2, 0) is 29.0 Å². The maximum Gasteiger partial charge on any atom is 0.245 e. The van der Waals surface area contributed by atoms with Gasteiger partial charge in [-0.1, -0.05) is 0 Å². The third-order valence-electron chi connectivity index (χ3n) is 3.10. The van der Waals surface area contributed by atoms with Crippen molar-refractivity contribution >= 4 is 21.6 Å². The molecule has 0 atom stereocenters. The van der Waals surface area contributed by atoms with Crippen LogP contribution in [0.1, 0.15) is 11.5 Å². The highest BCUT2D eigenvalue weighted by Gasteiger charge is 2.29. The Hall–Kier alpha value is -1.38. The molecular weight excluding hydrogens is 290 g/mol. The largest absolute Gasteiger partial charge is 0.363 e. The van der Waals surface area contributed by atoms with Gasteiger partial charge in [0.2, 0.25) is 10.0 Å². The lowest BCUT2D eigenvalue weighted by Gasteiger charge is -2.25. The second kappa shape index (κ2) is 4.62. The molecule has 7 nitrogen and oxygen atoms in total. The number of rotatable bonds is 3. The number of hydrogen-bond donors (Lipinski definition) is 1. The molecule has 2 aromatic rings. The van der Waals surface area contributed by atoms with E-state index in [1.54, 1.807) is 12.4 Å². The van der Waals surface area contributed by atoms with E-state index >= 15 is 0 Å². The van der Waals surface area contributed by atoms with Crippen LogP contribution in [0.25, 0.3) is 0 Å². The highest BCUT2D eigenvalue weighted by atomic mass is 35.5. The summed E-state index contributed by atoms with van der Waals surface area (Å²) in [4.78, 5) is 3.08. The number of nitrogens with zero attached hydrogens (tertiary/aromatic N) is 4. The molecule has 0 saturated heterocycles. The van der Waals surface area contributed by atoms with Crippen molar-refractivity contribution < 1.29 is 8.42 Å². The van der Waals surface area contributed by atoms with Crippen molar-refractivity contribution in [3.8, 4) is 0 Å². The summed E-state index contributed by atoms with van der Waals surface area (Å²) in [6, 6.07) is 1.56. The molecule has 0 saturated carbocycles. The first kappa shape index (κ1) is 12.6. The fourth-order valence-electron chi connectivity index (χ4n) is 2.04. The van der Waals surface area contributed by atoms with Gasteiger partial charge in [0.1, 0.15) is 12.2 Å². The van der Waals surface area contributed by atoms with Crippen LogP contribution in [-0.4, -0.2) is 39.0 Å². The smallest absolute Gasteiger partial charge is 0.245 e. The zero-order valence-electron chi connectivity index (χ0n) is 9.95.